The number of aryl methyl sites for hydroxylation is 1. The number of benzene rings is 2. The van der Waals surface area contributed by atoms with Crippen molar-refractivity contribution in [3.63, 3.8) is 0 Å². The van der Waals surface area contributed by atoms with Crippen LogP contribution in [0.5, 0.6) is 11.5 Å². The van der Waals surface area contributed by atoms with Crippen molar-refractivity contribution < 1.29 is 14.2 Å². The molecule has 1 aromatic heterocycles. The Balaban J connectivity index is 1.54. The van der Waals surface area contributed by atoms with E-state index in [2.05, 4.69) is 44.7 Å². The van der Waals surface area contributed by atoms with Crippen molar-refractivity contribution in [1.82, 2.24) is 14.9 Å². The van der Waals surface area contributed by atoms with E-state index < -0.39 is 0 Å². The third kappa shape index (κ3) is 5.70. The van der Waals surface area contributed by atoms with Gasteiger partial charge in [0, 0.05) is 25.9 Å². The van der Waals surface area contributed by atoms with Gasteiger partial charge in [0.15, 0.2) is 5.82 Å². The summed E-state index contributed by atoms with van der Waals surface area (Å²) in [5, 5.41) is 7.02. The first kappa shape index (κ1) is 24.1. The predicted molar refractivity (Wildman–Crippen MR) is 135 cm³/mol. The summed E-state index contributed by atoms with van der Waals surface area (Å²) in [4.78, 5) is 11.3. The third-order valence-electron chi connectivity index (χ3n) is 5.72. The Bertz CT molecular complexity index is 1160. The maximum absolute atomic E-state index is 6.40. The van der Waals surface area contributed by atoms with Gasteiger partial charge in [0.25, 0.3) is 0 Å². The molecule has 34 heavy (non-hydrogen) atoms. The molecule has 1 aliphatic heterocycles. The molecule has 2 N–H and O–H groups in total. The minimum Gasteiger partial charge on any atom is -0.495 e. The minimum absolute atomic E-state index is 0.421. The number of aromatic nitrogens is 2. The van der Waals surface area contributed by atoms with Crippen molar-refractivity contribution in [3.05, 3.63) is 58.2 Å². The van der Waals surface area contributed by atoms with Crippen LogP contribution in [0, 0.1) is 6.92 Å². The molecule has 2 heterocycles. The van der Waals surface area contributed by atoms with Gasteiger partial charge in [-0.2, -0.15) is 4.98 Å². The van der Waals surface area contributed by atoms with Crippen molar-refractivity contribution in [2.24, 2.45) is 0 Å². The molecular weight excluding hydrogens is 454 g/mol. The molecule has 0 fully saturated rings. The average molecular weight is 484 g/mol. The van der Waals surface area contributed by atoms with Crippen LogP contribution < -0.4 is 20.1 Å². The highest BCUT2D eigenvalue weighted by Crippen LogP contribution is 2.34. The van der Waals surface area contributed by atoms with Crippen molar-refractivity contribution in [3.8, 4) is 11.5 Å². The molecule has 0 bridgehead atoms. The molecule has 3 aromatic rings. The zero-order valence-electron chi connectivity index (χ0n) is 19.9. The zero-order valence-corrected chi connectivity index (χ0v) is 20.7. The number of rotatable bonds is 9. The van der Waals surface area contributed by atoms with Gasteiger partial charge in [0.2, 0.25) is 5.95 Å². The van der Waals surface area contributed by atoms with Gasteiger partial charge in [-0.3, -0.25) is 0 Å². The lowest BCUT2D eigenvalue weighted by Gasteiger charge is -2.26. The average Bonchev–Trinajstić information content (AvgIpc) is 2.82. The van der Waals surface area contributed by atoms with E-state index in [1.807, 2.05) is 25.1 Å². The Morgan fingerprint density at radius 2 is 1.91 bits per heavy atom. The van der Waals surface area contributed by atoms with Crippen molar-refractivity contribution >= 4 is 34.7 Å². The summed E-state index contributed by atoms with van der Waals surface area (Å²) in [6.45, 7) is 4.97. The summed E-state index contributed by atoms with van der Waals surface area (Å²) in [7, 11) is 5.44. The van der Waals surface area contributed by atoms with Gasteiger partial charge < -0.3 is 29.7 Å². The number of anilines is 4. The number of ether oxygens (including phenoxy) is 3. The van der Waals surface area contributed by atoms with E-state index in [4.69, 9.17) is 25.8 Å². The number of hydrogen-bond donors (Lipinski definition) is 2. The van der Waals surface area contributed by atoms with Crippen molar-refractivity contribution in [2.75, 3.05) is 51.7 Å². The number of hydrogen-bond acceptors (Lipinski definition) is 8. The topological polar surface area (TPSA) is 80.8 Å². The number of nitrogens with one attached hydrogen (secondary N) is 2. The van der Waals surface area contributed by atoms with E-state index in [0.29, 0.717) is 30.0 Å². The molecule has 0 unspecified atom stereocenters. The highest BCUT2D eigenvalue weighted by Gasteiger charge is 2.18. The molecule has 0 radical (unpaired) electrons. The predicted octanol–water partition coefficient (Wildman–Crippen LogP) is 4.95. The summed E-state index contributed by atoms with van der Waals surface area (Å²) in [5.74, 6) is 2.47. The second-order valence-corrected chi connectivity index (χ2v) is 8.67. The lowest BCUT2D eigenvalue weighted by molar-refractivity contribution is 0.146. The summed E-state index contributed by atoms with van der Waals surface area (Å²) in [6, 6.07) is 10.0. The molecule has 0 atom stereocenters. The highest BCUT2D eigenvalue weighted by molar-refractivity contribution is 6.32. The van der Waals surface area contributed by atoms with Gasteiger partial charge in [0.05, 0.1) is 25.6 Å². The van der Waals surface area contributed by atoms with Crippen LogP contribution in [0.3, 0.4) is 0 Å². The van der Waals surface area contributed by atoms with Crippen LogP contribution in [0.4, 0.5) is 23.1 Å². The van der Waals surface area contributed by atoms with Crippen LogP contribution in [0.15, 0.2) is 36.5 Å². The van der Waals surface area contributed by atoms with Gasteiger partial charge in [-0.05, 0) is 67.4 Å². The Hall–Kier alpha value is -3.07. The van der Waals surface area contributed by atoms with Gasteiger partial charge in [-0.1, -0.05) is 11.6 Å². The smallest absolute Gasteiger partial charge is 0.229 e. The largest absolute Gasteiger partial charge is 0.495 e. The Morgan fingerprint density at radius 3 is 2.68 bits per heavy atom. The van der Waals surface area contributed by atoms with Crippen LogP contribution in [0.1, 0.15) is 16.7 Å². The highest BCUT2D eigenvalue weighted by atomic mass is 35.5. The summed E-state index contributed by atoms with van der Waals surface area (Å²) < 4.78 is 16.3. The third-order valence-corrected chi connectivity index (χ3v) is 6.00. The normalized spacial score (nSPS) is 13.3. The molecule has 0 aliphatic carbocycles. The number of methoxy groups -OCH3 is 2. The van der Waals surface area contributed by atoms with E-state index in [-0.39, 0.29) is 0 Å². The summed E-state index contributed by atoms with van der Waals surface area (Å²) in [6.07, 6.45) is 2.58. The van der Waals surface area contributed by atoms with Crippen LogP contribution >= 0.6 is 11.6 Å². The van der Waals surface area contributed by atoms with Crippen LogP contribution in [-0.2, 0) is 17.7 Å². The van der Waals surface area contributed by atoms with Crippen LogP contribution in [-0.4, -0.2) is 55.9 Å². The Morgan fingerprint density at radius 1 is 1.06 bits per heavy atom. The first-order valence-corrected chi connectivity index (χ1v) is 11.5. The number of halogens is 1. The molecule has 9 heteroatoms. The molecule has 0 spiro atoms. The second-order valence-electron chi connectivity index (χ2n) is 8.27. The van der Waals surface area contributed by atoms with Crippen molar-refractivity contribution in [2.45, 2.75) is 19.9 Å². The molecule has 2 aromatic carbocycles. The van der Waals surface area contributed by atoms with Gasteiger partial charge in [0.1, 0.15) is 23.1 Å². The van der Waals surface area contributed by atoms with Crippen molar-refractivity contribution in [1.29, 1.82) is 0 Å². The second kappa shape index (κ2) is 10.9. The van der Waals surface area contributed by atoms with Crippen LogP contribution in [0.25, 0.3) is 0 Å². The lowest BCUT2D eigenvalue weighted by atomic mass is 9.99. The fourth-order valence-corrected chi connectivity index (χ4v) is 4.00. The molecular formula is C25H30ClN5O3. The minimum atomic E-state index is 0.421. The molecule has 0 saturated heterocycles. The lowest BCUT2D eigenvalue weighted by Crippen LogP contribution is -2.26. The molecule has 180 valence electrons. The van der Waals surface area contributed by atoms with Crippen LogP contribution in [0.2, 0.25) is 5.02 Å². The first-order valence-electron chi connectivity index (χ1n) is 11.1. The molecule has 8 nitrogen and oxygen atoms in total. The fourth-order valence-electron chi connectivity index (χ4n) is 3.87. The van der Waals surface area contributed by atoms with E-state index in [1.54, 1.807) is 20.4 Å². The standard InChI is InChI=1S/C25H30ClN5O3/c1-16-11-19(34-10-9-32-3)5-6-21(16)28-24-20(26)14-27-25(30-24)29-22-12-18-15-31(2)8-7-17(18)13-23(22)33-4/h5-6,11-14H,7-10,15H2,1-4H3,(H2,27,28,29,30). The molecule has 1 aliphatic rings. The van der Waals surface area contributed by atoms with Gasteiger partial charge >= 0.3 is 0 Å². The molecule has 0 amide bonds. The quantitative estimate of drug-likeness (QED) is 0.414. The summed E-state index contributed by atoms with van der Waals surface area (Å²) in [5.41, 5.74) is 5.27. The van der Waals surface area contributed by atoms with E-state index in [9.17, 15) is 0 Å². The van der Waals surface area contributed by atoms with E-state index >= 15 is 0 Å². The van der Waals surface area contributed by atoms with Gasteiger partial charge in [-0.15, -0.1) is 0 Å². The number of fused-ring (bicyclic) bond motifs is 1. The summed E-state index contributed by atoms with van der Waals surface area (Å²) >= 11 is 6.40. The number of likely N-dealkylation sites (N-methyl/N-ethyl adjacent to an activating group) is 1. The van der Waals surface area contributed by atoms with E-state index in [0.717, 1.165) is 47.9 Å². The monoisotopic (exact) mass is 483 g/mol. The van der Waals surface area contributed by atoms with Gasteiger partial charge in [-0.25, -0.2) is 4.98 Å². The Labute approximate surface area is 205 Å². The van der Waals surface area contributed by atoms with E-state index in [1.165, 1.54) is 11.1 Å². The SMILES string of the molecule is COCCOc1ccc(Nc2nc(Nc3cc4c(cc3OC)CCN(C)C4)ncc2Cl)c(C)c1. The first-order chi connectivity index (χ1) is 16.5. The fraction of sp³-hybridized carbons (Fsp3) is 0.360. The molecule has 0 saturated carbocycles. The maximum atomic E-state index is 6.40. The Kier molecular flexibility index (Phi) is 7.72. The molecule has 4 rings (SSSR count). The zero-order chi connectivity index (χ0) is 24.1. The number of nitrogens with zero attached hydrogens (tertiary/aromatic N) is 3. The maximum Gasteiger partial charge on any atom is 0.229 e.